The van der Waals surface area contributed by atoms with Crippen LogP contribution >= 0.6 is 0 Å². The first-order valence-corrected chi connectivity index (χ1v) is 9.11. The van der Waals surface area contributed by atoms with Crippen LogP contribution in [0.3, 0.4) is 0 Å². The molecule has 3 aromatic rings. The first-order valence-electron chi connectivity index (χ1n) is 9.11. The Bertz CT molecular complexity index is 983. The molecule has 1 atom stereocenters. The van der Waals surface area contributed by atoms with Gasteiger partial charge in [0.2, 0.25) is 5.95 Å². The Hall–Kier alpha value is -3.13. The average molecular weight is 402 g/mol. The smallest absolute Gasteiger partial charge is 0.225 e. The lowest BCUT2D eigenvalue weighted by atomic mass is 10.1. The maximum absolute atomic E-state index is 14.1. The standard InChI is InChI=1S/C21H21F3N4O/c1-12(2)17(11-29)27-21-26-16(13-6-4-3-5-7-13)10-18(28-21)25-15-9-8-14(22)19(23)20(15)24/h3-10,12,17,29H,11H2,1-2H3,(H2,25,26,27,28)/t17-/m1/s1. The molecule has 1 aromatic heterocycles. The maximum Gasteiger partial charge on any atom is 0.225 e. The quantitative estimate of drug-likeness (QED) is 0.499. The molecule has 0 fully saturated rings. The van der Waals surface area contributed by atoms with Crippen LogP contribution in [-0.4, -0.2) is 27.7 Å². The van der Waals surface area contributed by atoms with Crippen molar-refractivity contribution < 1.29 is 18.3 Å². The van der Waals surface area contributed by atoms with E-state index in [1.807, 2.05) is 44.2 Å². The van der Waals surface area contributed by atoms with Crippen LogP contribution in [0.5, 0.6) is 0 Å². The van der Waals surface area contributed by atoms with Crippen molar-refractivity contribution in [2.75, 3.05) is 17.2 Å². The number of benzene rings is 2. The van der Waals surface area contributed by atoms with Crippen molar-refractivity contribution >= 4 is 17.5 Å². The number of nitrogens with zero attached hydrogens (tertiary/aromatic N) is 2. The molecule has 0 amide bonds. The maximum atomic E-state index is 14.1. The zero-order valence-corrected chi connectivity index (χ0v) is 16.0. The largest absolute Gasteiger partial charge is 0.394 e. The zero-order valence-electron chi connectivity index (χ0n) is 16.0. The highest BCUT2D eigenvalue weighted by atomic mass is 19.2. The van der Waals surface area contributed by atoms with Crippen LogP contribution in [0.2, 0.25) is 0 Å². The number of aliphatic hydroxyl groups is 1. The molecule has 0 saturated carbocycles. The van der Waals surface area contributed by atoms with Crippen LogP contribution in [-0.2, 0) is 0 Å². The average Bonchev–Trinajstić information content (AvgIpc) is 2.72. The molecule has 0 aliphatic carbocycles. The molecule has 0 saturated heterocycles. The highest BCUT2D eigenvalue weighted by Gasteiger charge is 2.17. The fraction of sp³-hybridized carbons (Fsp3) is 0.238. The molecule has 0 bridgehead atoms. The first kappa shape index (κ1) is 20.6. The predicted molar refractivity (Wildman–Crippen MR) is 106 cm³/mol. The Morgan fingerprint density at radius 1 is 0.966 bits per heavy atom. The molecule has 0 radical (unpaired) electrons. The molecule has 152 valence electrons. The van der Waals surface area contributed by atoms with Crippen molar-refractivity contribution in [2.45, 2.75) is 19.9 Å². The second kappa shape index (κ2) is 8.91. The van der Waals surface area contributed by atoms with E-state index in [0.717, 1.165) is 17.7 Å². The van der Waals surface area contributed by atoms with Gasteiger partial charge in [-0.2, -0.15) is 4.98 Å². The molecule has 1 heterocycles. The minimum absolute atomic E-state index is 0.101. The lowest BCUT2D eigenvalue weighted by Gasteiger charge is -2.20. The van der Waals surface area contributed by atoms with Crippen LogP contribution in [0.15, 0.2) is 48.5 Å². The van der Waals surface area contributed by atoms with E-state index in [1.165, 1.54) is 0 Å². The minimum atomic E-state index is -1.56. The van der Waals surface area contributed by atoms with Crippen LogP contribution < -0.4 is 10.6 Å². The zero-order chi connectivity index (χ0) is 21.0. The van der Waals surface area contributed by atoms with Crippen LogP contribution in [0.25, 0.3) is 11.3 Å². The highest BCUT2D eigenvalue weighted by molar-refractivity contribution is 5.67. The molecular weight excluding hydrogens is 381 g/mol. The normalized spacial score (nSPS) is 12.1. The van der Waals surface area contributed by atoms with Crippen molar-refractivity contribution in [1.29, 1.82) is 0 Å². The number of aliphatic hydroxyl groups excluding tert-OH is 1. The van der Waals surface area contributed by atoms with Gasteiger partial charge in [-0.1, -0.05) is 44.2 Å². The number of nitrogens with one attached hydrogen (secondary N) is 2. The molecular formula is C21H21F3N4O. The second-order valence-corrected chi connectivity index (χ2v) is 6.85. The Morgan fingerprint density at radius 3 is 2.34 bits per heavy atom. The van der Waals surface area contributed by atoms with Gasteiger partial charge in [0.05, 0.1) is 24.0 Å². The monoisotopic (exact) mass is 402 g/mol. The summed E-state index contributed by atoms with van der Waals surface area (Å²) in [5, 5.41) is 15.3. The lowest BCUT2D eigenvalue weighted by molar-refractivity contribution is 0.248. The fourth-order valence-electron chi connectivity index (χ4n) is 2.68. The predicted octanol–water partition coefficient (Wildman–Crippen LogP) is 4.73. The minimum Gasteiger partial charge on any atom is -0.394 e. The van der Waals surface area contributed by atoms with E-state index in [4.69, 9.17) is 0 Å². The SMILES string of the molecule is CC(C)[C@@H](CO)Nc1nc(Nc2ccc(F)c(F)c2F)cc(-c2ccccc2)n1. The van der Waals surface area contributed by atoms with Crippen molar-refractivity contribution in [3.8, 4) is 11.3 Å². The molecule has 0 spiro atoms. The van der Waals surface area contributed by atoms with Gasteiger partial charge in [0.15, 0.2) is 17.5 Å². The van der Waals surface area contributed by atoms with Crippen molar-refractivity contribution in [3.63, 3.8) is 0 Å². The number of hydrogen-bond donors (Lipinski definition) is 3. The Balaban J connectivity index is 2.01. The highest BCUT2D eigenvalue weighted by Crippen LogP contribution is 2.27. The number of rotatable bonds is 7. The molecule has 3 rings (SSSR count). The summed E-state index contributed by atoms with van der Waals surface area (Å²) in [6, 6.07) is 12.4. The summed E-state index contributed by atoms with van der Waals surface area (Å²) in [6.45, 7) is 3.74. The summed E-state index contributed by atoms with van der Waals surface area (Å²) in [4.78, 5) is 8.76. The van der Waals surface area contributed by atoms with Gasteiger partial charge in [0.1, 0.15) is 5.82 Å². The molecule has 3 N–H and O–H groups in total. The van der Waals surface area contributed by atoms with Gasteiger partial charge in [-0.25, -0.2) is 18.2 Å². The summed E-state index contributed by atoms with van der Waals surface area (Å²) >= 11 is 0. The first-order chi connectivity index (χ1) is 13.9. The molecule has 0 aliphatic heterocycles. The van der Waals surface area contributed by atoms with Gasteiger partial charge >= 0.3 is 0 Å². The van der Waals surface area contributed by atoms with E-state index in [0.29, 0.717) is 5.69 Å². The molecule has 29 heavy (non-hydrogen) atoms. The summed E-state index contributed by atoms with van der Waals surface area (Å²) < 4.78 is 40.8. The van der Waals surface area contributed by atoms with Gasteiger partial charge in [-0.05, 0) is 18.1 Å². The lowest BCUT2D eigenvalue weighted by Crippen LogP contribution is -2.30. The van der Waals surface area contributed by atoms with E-state index in [1.54, 1.807) is 6.07 Å². The molecule has 2 aromatic carbocycles. The van der Waals surface area contributed by atoms with Crippen molar-refractivity contribution in [3.05, 3.63) is 66.0 Å². The Kier molecular flexibility index (Phi) is 6.33. The van der Waals surface area contributed by atoms with Gasteiger partial charge < -0.3 is 15.7 Å². The number of aromatic nitrogens is 2. The summed E-state index contributed by atoms with van der Waals surface area (Å²) in [7, 11) is 0. The fourth-order valence-corrected chi connectivity index (χ4v) is 2.68. The number of anilines is 3. The third-order valence-corrected chi connectivity index (χ3v) is 4.41. The van der Waals surface area contributed by atoms with Crippen LogP contribution in [0.1, 0.15) is 13.8 Å². The third kappa shape index (κ3) is 4.83. The topological polar surface area (TPSA) is 70.1 Å². The number of halogens is 3. The second-order valence-electron chi connectivity index (χ2n) is 6.85. The molecule has 5 nitrogen and oxygen atoms in total. The van der Waals surface area contributed by atoms with Crippen LogP contribution in [0, 0.1) is 23.4 Å². The molecule has 8 heteroatoms. The Morgan fingerprint density at radius 2 is 1.69 bits per heavy atom. The van der Waals surface area contributed by atoms with Gasteiger partial charge in [0, 0.05) is 11.6 Å². The molecule has 0 aliphatic rings. The summed E-state index contributed by atoms with van der Waals surface area (Å²) in [5.41, 5.74) is 1.07. The van der Waals surface area contributed by atoms with E-state index >= 15 is 0 Å². The third-order valence-electron chi connectivity index (χ3n) is 4.41. The van der Waals surface area contributed by atoms with E-state index in [-0.39, 0.29) is 36.0 Å². The van der Waals surface area contributed by atoms with E-state index in [9.17, 15) is 18.3 Å². The van der Waals surface area contributed by atoms with E-state index < -0.39 is 17.5 Å². The number of hydrogen-bond acceptors (Lipinski definition) is 5. The summed E-state index contributed by atoms with van der Waals surface area (Å²) in [5.74, 6) is -3.67. The van der Waals surface area contributed by atoms with Crippen molar-refractivity contribution in [1.82, 2.24) is 9.97 Å². The van der Waals surface area contributed by atoms with Gasteiger partial charge in [0.25, 0.3) is 0 Å². The van der Waals surface area contributed by atoms with E-state index in [2.05, 4.69) is 20.6 Å². The van der Waals surface area contributed by atoms with Crippen LogP contribution in [0.4, 0.5) is 30.6 Å². The summed E-state index contributed by atoms with van der Waals surface area (Å²) in [6.07, 6.45) is 0. The Labute approximate surface area is 166 Å². The van der Waals surface area contributed by atoms with Crippen molar-refractivity contribution in [2.24, 2.45) is 5.92 Å². The van der Waals surface area contributed by atoms with Gasteiger partial charge in [-0.3, -0.25) is 0 Å². The molecule has 0 unspecified atom stereocenters. The van der Waals surface area contributed by atoms with Gasteiger partial charge in [-0.15, -0.1) is 0 Å².